The summed E-state index contributed by atoms with van der Waals surface area (Å²) in [6, 6.07) is 27.3. The van der Waals surface area contributed by atoms with E-state index in [-0.39, 0.29) is 23.4 Å². The zero-order valence-corrected chi connectivity index (χ0v) is 25.9. The van der Waals surface area contributed by atoms with Crippen molar-refractivity contribution in [3.8, 4) is 0 Å². The summed E-state index contributed by atoms with van der Waals surface area (Å²) >= 11 is 0. The molecule has 0 saturated carbocycles. The number of ether oxygens (including phenoxy) is 2. The van der Waals surface area contributed by atoms with Crippen molar-refractivity contribution in [2.45, 2.75) is 38.5 Å². The molecule has 3 aromatic carbocycles. The van der Waals surface area contributed by atoms with Gasteiger partial charge < -0.3 is 14.8 Å². The molecule has 3 aromatic rings. The van der Waals surface area contributed by atoms with Crippen LogP contribution >= 0.6 is 0 Å². The molecule has 0 spiro atoms. The average Bonchev–Trinajstić information content (AvgIpc) is 3.06. The molecule has 1 N–H and O–H groups in total. The fourth-order valence-corrected chi connectivity index (χ4v) is 6.71. The minimum Gasteiger partial charge on any atom is -0.466 e. The van der Waals surface area contributed by atoms with Gasteiger partial charge >= 0.3 is 11.9 Å². The second-order valence-electron chi connectivity index (χ2n) is 11.6. The number of methoxy groups -OCH3 is 1. The van der Waals surface area contributed by atoms with Crippen molar-refractivity contribution in [3.05, 3.63) is 134 Å². The predicted octanol–water partition coefficient (Wildman–Crippen LogP) is 6.09. The lowest BCUT2D eigenvalue weighted by atomic mass is 9.76. The summed E-state index contributed by atoms with van der Waals surface area (Å²) in [4.78, 5) is 39.9. The van der Waals surface area contributed by atoms with Gasteiger partial charge in [-0.25, -0.2) is 9.59 Å². The molecule has 9 nitrogen and oxygen atoms in total. The molecule has 2 heterocycles. The lowest BCUT2D eigenvalue weighted by Crippen LogP contribution is -2.38. The van der Waals surface area contributed by atoms with E-state index in [0.717, 1.165) is 25.9 Å². The van der Waals surface area contributed by atoms with Crippen molar-refractivity contribution in [3.63, 3.8) is 0 Å². The van der Waals surface area contributed by atoms with E-state index in [1.165, 1.54) is 30.4 Å². The molecule has 1 atom stereocenters. The van der Waals surface area contributed by atoms with Crippen molar-refractivity contribution in [1.29, 1.82) is 0 Å². The number of benzene rings is 3. The Morgan fingerprint density at radius 3 is 2.02 bits per heavy atom. The number of hydrogen-bond donors (Lipinski definition) is 1. The van der Waals surface area contributed by atoms with Crippen LogP contribution in [-0.2, 0) is 19.1 Å². The monoisotopic (exact) mass is 609 g/mol. The molecule has 1 unspecified atom stereocenters. The smallest absolute Gasteiger partial charge is 0.336 e. The van der Waals surface area contributed by atoms with Crippen LogP contribution in [0.25, 0.3) is 0 Å². The molecule has 0 bridgehead atoms. The highest BCUT2D eigenvalue weighted by Crippen LogP contribution is 2.41. The highest BCUT2D eigenvalue weighted by Gasteiger charge is 2.38. The first-order chi connectivity index (χ1) is 21.8. The summed E-state index contributed by atoms with van der Waals surface area (Å²) in [5.74, 6) is -1.26. The third-order valence-corrected chi connectivity index (χ3v) is 8.86. The molecule has 45 heavy (non-hydrogen) atoms. The van der Waals surface area contributed by atoms with Gasteiger partial charge in [0.15, 0.2) is 0 Å². The number of carbonyl (C=O) groups excluding carboxylic acids is 2. The maximum atomic E-state index is 13.6. The molecule has 0 radical (unpaired) electrons. The Kier molecular flexibility index (Phi) is 10.1. The molecule has 2 aliphatic heterocycles. The Balaban J connectivity index is 1.26. The molecule has 0 amide bonds. The van der Waals surface area contributed by atoms with Gasteiger partial charge in [0.1, 0.15) is 6.61 Å². The van der Waals surface area contributed by atoms with Crippen LogP contribution in [0.3, 0.4) is 0 Å². The van der Waals surface area contributed by atoms with E-state index < -0.39 is 22.8 Å². The summed E-state index contributed by atoms with van der Waals surface area (Å²) in [5, 5.41) is 14.6. The minimum absolute atomic E-state index is 0.136. The van der Waals surface area contributed by atoms with Crippen LogP contribution in [0.2, 0.25) is 0 Å². The maximum Gasteiger partial charge on any atom is 0.336 e. The number of carbonyl (C=O) groups is 2. The van der Waals surface area contributed by atoms with Gasteiger partial charge in [-0.3, -0.25) is 15.0 Å². The summed E-state index contributed by atoms with van der Waals surface area (Å²) in [7, 11) is 1.27. The number of nitro groups is 1. The molecule has 234 valence electrons. The van der Waals surface area contributed by atoms with E-state index in [9.17, 15) is 19.7 Å². The van der Waals surface area contributed by atoms with Crippen LogP contribution in [0.4, 0.5) is 5.69 Å². The number of hydrogen-bond acceptors (Lipinski definition) is 8. The number of esters is 2. The third kappa shape index (κ3) is 7.15. The second kappa shape index (κ2) is 14.3. The first-order valence-corrected chi connectivity index (χ1v) is 15.3. The van der Waals surface area contributed by atoms with Gasteiger partial charge in [-0.2, -0.15) is 0 Å². The van der Waals surface area contributed by atoms with Gasteiger partial charge in [-0.05, 0) is 62.4 Å². The highest BCUT2D eigenvalue weighted by atomic mass is 16.6. The topological polar surface area (TPSA) is 111 Å². The van der Waals surface area contributed by atoms with Crippen LogP contribution in [-0.4, -0.2) is 55.1 Å². The number of dihydropyridines is 1. The fraction of sp³-hybridized carbons (Fsp3) is 0.333. The molecule has 5 rings (SSSR count). The van der Waals surface area contributed by atoms with E-state index in [1.807, 2.05) is 0 Å². The largest absolute Gasteiger partial charge is 0.466 e. The number of non-ortho nitro benzene ring substituents is 1. The van der Waals surface area contributed by atoms with Crippen LogP contribution in [0, 0.1) is 16.0 Å². The quantitative estimate of drug-likeness (QED) is 0.167. The van der Waals surface area contributed by atoms with Crippen LogP contribution in [0.15, 0.2) is 107 Å². The number of piperidine rings is 1. The first kappa shape index (κ1) is 31.7. The molecule has 0 aromatic heterocycles. The Bertz CT molecular complexity index is 1550. The van der Waals surface area contributed by atoms with Gasteiger partial charge in [0.2, 0.25) is 0 Å². The Morgan fingerprint density at radius 1 is 0.889 bits per heavy atom. The molecule has 0 aliphatic carbocycles. The van der Waals surface area contributed by atoms with Crippen molar-refractivity contribution >= 4 is 17.6 Å². The average molecular weight is 610 g/mol. The Morgan fingerprint density at radius 2 is 1.47 bits per heavy atom. The van der Waals surface area contributed by atoms with Gasteiger partial charge in [0.25, 0.3) is 5.69 Å². The van der Waals surface area contributed by atoms with Gasteiger partial charge in [-0.1, -0.05) is 72.8 Å². The van der Waals surface area contributed by atoms with E-state index in [1.54, 1.807) is 26.0 Å². The van der Waals surface area contributed by atoms with Crippen molar-refractivity contribution in [2.75, 3.05) is 33.4 Å². The predicted molar refractivity (Wildman–Crippen MR) is 171 cm³/mol. The molecule has 9 heteroatoms. The molecule has 1 fully saturated rings. The molecular formula is C36H39N3O6. The molecular weight excluding hydrogens is 570 g/mol. The summed E-state index contributed by atoms with van der Waals surface area (Å²) in [6.07, 6.45) is 2.05. The number of rotatable bonds is 10. The van der Waals surface area contributed by atoms with E-state index >= 15 is 0 Å². The van der Waals surface area contributed by atoms with Gasteiger partial charge in [0.05, 0.1) is 29.1 Å². The van der Waals surface area contributed by atoms with Gasteiger partial charge in [-0.15, -0.1) is 0 Å². The minimum atomic E-state index is -0.880. The van der Waals surface area contributed by atoms with Crippen molar-refractivity contribution in [1.82, 2.24) is 10.2 Å². The van der Waals surface area contributed by atoms with E-state index in [0.29, 0.717) is 35.3 Å². The van der Waals surface area contributed by atoms with Crippen molar-refractivity contribution < 1.29 is 24.0 Å². The van der Waals surface area contributed by atoms with Crippen LogP contribution < -0.4 is 5.32 Å². The molecule has 2 aliphatic rings. The summed E-state index contributed by atoms with van der Waals surface area (Å²) in [5.41, 5.74) is 4.44. The number of nitro benzene ring substituents is 1. The highest BCUT2D eigenvalue weighted by molar-refractivity contribution is 5.99. The standard InChI is InChI=1S/C36H39N3O6/c1-24-31(35(40)44-3)34(29-15-10-16-30(23-29)39(42)43)32(25(2)37-24)36(41)45-22-21-38-19-17-28(18-20-38)33(26-11-6-4-7-12-26)27-13-8-5-9-14-27/h4-16,23,28,33-34,37H,17-22H2,1-3H3. The zero-order chi connectivity index (χ0) is 31.9. The van der Waals surface area contributed by atoms with Crippen LogP contribution in [0.1, 0.15) is 55.2 Å². The Labute approximate surface area is 263 Å². The Hall–Kier alpha value is -4.76. The van der Waals surface area contributed by atoms with Crippen molar-refractivity contribution in [2.24, 2.45) is 5.92 Å². The normalized spacial score (nSPS) is 17.6. The SMILES string of the molecule is COC(=O)C1=C(C)NC(C)=C(C(=O)OCCN2CCC(C(c3ccccc3)c3ccccc3)CC2)C1c1cccc([N+](=O)[O-])c1. The van der Waals surface area contributed by atoms with E-state index in [2.05, 4.69) is 70.9 Å². The van der Waals surface area contributed by atoms with Gasteiger partial charge in [0, 0.05) is 36.0 Å². The lowest BCUT2D eigenvalue weighted by molar-refractivity contribution is -0.384. The number of nitrogens with one attached hydrogen (secondary N) is 1. The summed E-state index contributed by atoms with van der Waals surface area (Å²) in [6.45, 7) is 6.00. The maximum absolute atomic E-state index is 13.6. The number of likely N-dealkylation sites (tertiary alicyclic amines) is 1. The summed E-state index contributed by atoms with van der Waals surface area (Å²) < 4.78 is 10.9. The second-order valence-corrected chi connectivity index (χ2v) is 11.6. The zero-order valence-electron chi connectivity index (χ0n) is 25.9. The van der Waals surface area contributed by atoms with Crippen LogP contribution in [0.5, 0.6) is 0 Å². The first-order valence-electron chi connectivity index (χ1n) is 15.3. The lowest BCUT2D eigenvalue weighted by Gasteiger charge is -2.36. The third-order valence-electron chi connectivity index (χ3n) is 8.86. The number of allylic oxidation sites excluding steroid dienone is 2. The van der Waals surface area contributed by atoms with E-state index in [4.69, 9.17) is 9.47 Å². The number of nitrogens with zero attached hydrogens (tertiary/aromatic N) is 2. The fourth-order valence-electron chi connectivity index (χ4n) is 6.71. The molecule has 1 saturated heterocycles.